The number of hydrogen-bond acceptors (Lipinski definition) is 4. The highest BCUT2D eigenvalue weighted by Crippen LogP contribution is 2.13. The van der Waals surface area contributed by atoms with E-state index in [9.17, 15) is 13.0 Å². The van der Waals surface area contributed by atoms with Gasteiger partial charge < -0.3 is 9.45 Å². The Kier molecular flexibility index (Phi) is 28.8. The smallest absolute Gasteiger partial charge is 0.217 e. The van der Waals surface area contributed by atoms with Crippen molar-refractivity contribution in [2.75, 3.05) is 27.2 Å². The lowest BCUT2D eigenvalue weighted by Gasteiger charge is -2.07. The zero-order chi connectivity index (χ0) is 24.3. The van der Waals surface area contributed by atoms with Crippen LogP contribution in [0, 0.1) is 0 Å². The third-order valence-electron chi connectivity index (χ3n) is 5.76. The van der Waals surface area contributed by atoms with Crippen LogP contribution in [0.4, 0.5) is 0 Å². The van der Waals surface area contributed by atoms with E-state index >= 15 is 0 Å². The van der Waals surface area contributed by atoms with Gasteiger partial charge in [-0.05, 0) is 19.3 Å². The molecule has 0 radical (unpaired) electrons. The molecule has 0 aromatic rings. The molecule has 0 bridgehead atoms. The van der Waals surface area contributed by atoms with Crippen LogP contribution < -0.4 is 4.90 Å². The lowest BCUT2D eigenvalue weighted by atomic mass is 10.0. The van der Waals surface area contributed by atoms with Crippen molar-refractivity contribution in [1.29, 1.82) is 0 Å². The molecule has 0 amide bonds. The van der Waals surface area contributed by atoms with Crippen LogP contribution in [0.2, 0.25) is 0 Å². The lowest BCUT2D eigenvalue weighted by molar-refractivity contribution is -0.858. The Balaban J connectivity index is 0. The van der Waals surface area contributed by atoms with Crippen LogP contribution in [0.3, 0.4) is 0 Å². The van der Waals surface area contributed by atoms with Gasteiger partial charge in [0, 0.05) is 0 Å². The molecule has 0 spiro atoms. The maximum Gasteiger partial charge on any atom is 0.217 e. The summed E-state index contributed by atoms with van der Waals surface area (Å²) in [6.07, 6.45) is 25.9. The molecule has 0 aromatic heterocycles. The minimum Gasteiger partial charge on any atom is -0.726 e. The molecule has 196 valence electrons. The van der Waals surface area contributed by atoms with Crippen molar-refractivity contribution in [2.45, 2.75) is 142 Å². The van der Waals surface area contributed by atoms with Gasteiger partial charge >= 0.3 is 0 Å². The molecular weight excluding hydrogens is 422 g/mol. The summed E-state index contributed by atoms with van der Waals surface area (Å²) in [6, 6.07) is 0. The summed E-state index contributed by atoms with van der Waals surface area (Å²) in [7, 11) is -0.0664. The first kappa shape index (κ1) is 34.0. The van der Waals surface area contributed by atoms with Crippen LogP contribution in [-0.4, -0.2) is 40.2 Å². The van der Waals surface area contributed by atoms with E-state index in [1.807, 2.05) is 0 Å². The largest absolute Gasteiger partial charge is 0.726 e. The minimum atomic E-state index is -4.49. The third-order valence-corrected chi connectivity index (χ3v) is 6.21. The molecule has 0 atom stereocenters. The Hall–Kier alpha value is -0.170. The van der Waals surface area contributed by atoms with E-state index in [0.29, 0.717) is 6.42 Å². The van der Waals surface area contributed by atoms with Gasteiger partial charge in [0.05, 0.1) is 27.2 Å². The predicted molar refractivity (Wildman–Crippen MR) is 137 cm³/mol. The zero-order valence-corrected chi connectivity index (χ0v) is 22.9. The van der Waals surface area contributed by atoms with E-state index in [2.05, 4.69) is 32.1 Å². The number of quaternary nitrogens is 1. The lowest BCUT2D eigenvalue weighted by Crippen LogP contribution is -3.05. The van der Waals surface area contributed by atoms with Crippen LogP contribution in [0.5, 0.6) is 0 Å². The molecule has 0 heterocycles. The second kappa shape index (κ2) is 27.1. The van der Waals surface area contributed by atoms with E-state index in [4.69, 9.17) is 0 Å². The normalized spacial score (nSPS) is 11.6. The maximum atomic E-state index is 10.2. The van der Waals surface area contributed by atoms with Crippen molar-refractivity contribution in [3.63, 3.8) is 0 Å². The molecule has 32 heavy (non-hydrogen) atoms. The SMILES string of the molecule is CCCCCCCCCCCCCCCCCCOS(=O)(=O)[O-].CCCCCC[NH+](C)C. The number of nitrogens with one attached hydrogen (secondary N) is 1. The van der Waals surface area contributed by atoms with Gasteiger partial charge in [-0.25, -0.2) is 8.42 Å². The van der Waals surface area contributed by atoms with Gasteiger partial charge in [-0.2, -0.15) is 0 Å². The molecule has 0 fully saturated rings. The van der Waals surface area contributed by atoms with Crippen molar-refractivity contribution in [3.05, 3.63) is 0 Å². The van der Waals surface area contributed by atoms with Gasteiger partial charge in [-0.15, -0.1) is 0 Å². The first-order valence-corrected chi connectivity index (χ1v) is 15.1. The molecule has 0 aliphatic rings. The summed E-state index contributed by atoms with van der Waals surface area (Å²) >= 11 is 0. The Morgan fingerprint density at radius 3 is 1.19 bits per heavy atom. The van der Waals surface area contributed by atoms with Gasteiger partial charge in [-0.3, -0.25) is 4.18 Å². The minimum absolute atomic E-state index is 0.0320. The van der Waals surface area contributed by atoms with Crippen LogP contribution in [0.15, 0.2) is 0 Å². The molecule has 0 saturated carbocycles. The van der Waals surface area contributed by atoms with Gasteiger partial charge in [0.1, 0.15) is 0 Å². The fourth-order valence-electron chi connectivity index (χ4n) is 3.72. The second-order valence-corrected chi connectivity index (χ2v) is 10.6. The van der Waals surface area contributed by atoms with Crippen LogP contribution in [-0.2, 0) is 14.6 Å². The maximum absolute atomic E-state index is 10.2. The van der Waals surface area contributed by atoms with Crippen LogP contribution >= 0.6 is 0 Å². The first-order valence-electron chi connectivity index (χ1n) is 13.7. The quantitative estimate of drug-likeness (QED) is 0.104. The van der Waals surface area contributed by atoms with Crippen LogP contribution in [0.1, 0.15) is 142 Å². The summed E-state index contributed by atoms with van der Waals surface area (Å²) in [5.41, 5.74) is 0. The molecular formula is C26H57NO4S. The standard InChI is InChI=1S/C18H38O4S.C8H19N/c1-2-3-4-5-6-7-8-9-10-11-12-13-14-15-16-17-18-22-23(19,20)21;1-4-5-6-7-8-9(2)3/h2-18H2,1H3,(H,19,20,21);4-8H2,1-3H3. The third kappa shape index (κ3) is 37.2. The number of rotatable bonds is 23. The average Bonchev–Trinajstić information content (AvgIpc) is 2.73. The average molecular weight is 480 g/mol. The predicted octanol–water partition coefficient (Wildman–Crippen LogP) is 6.44. The zero-order valence-electron chi connectivity index (χ0n) is 22.1. The van der Waals surface area contributed by atoms with Crippen molar-refractivity contribution >= 4 is 10.4 Å². The van der Waals surface area contributed by atoms with E-state index < -0.39 is 10.4 Å². The second-order valence-electron chi connectivity index (χ2n) is 9.55. The van der Waals surface area contributed by atoms with Crippen molar-refractivity contribution in [3.8, 4) is 0 Å². The van der Waals surface area contributed by atoms with E-state index in [1.165, 1.54) is 116 Å². The van der Waals surface area contributed by atoms with E-state index in [-0.39, 0.29) is 6.61 Å². The number of hydrogen-bond donors (Lipinski definition) is 1. The molecule has 0 unspecified atom stereocenters. The van der Waals surface area contributed by atoms with E-state index in [0.717, 1.165) is 12.8 Å². The monoisotopic (exact) mass is 479 g/mol. The van der Waals surface area contributed by atoms with Gasteiger partial charge in [0.2, 0.25) is 10.4 Å². The van der Waals surface area contributed by atoms with Gasteiger partial charge in [-0.1, -0.05) is 123 Å². The van der Waals surface area contributed by atoms with E-state index in [1.54, 1.807) is 4.90 Å². The fourth-order valence-corrected chi connectivity index (χ4v) is 4.04. The molecule has 0 saturated heterocycles. The molecule has 0 aliphatic carbocycles. The van der Waals surface area contributed by atoms with Gasteiger partial charge in [0.15, 0.2) is 0 Å². The highest BCUT2D eigenvalue weighted by Gasteiger charge is 1.96. The molecule has 1 N–H and O–H groups in total. The number of unbranched alkanes of at least 4 members (excludes halogenated alkanes) is 18. The fraction of sp³-hybridized carbons (Fsp3) is 1.00. The highest BCUT2D eigenvalue weighted by atomic mass is 32.3. The van der Waals surface area contributed by atoms with Crippen molar-refractivity contribution < 1.29 is 22.1 Å². The molecule has 0 aliphatic heterocycles. The van der Waals surface area contributed by atoms with Crippen molar-refractivity contribution in [2.24, 2.45) is 0 Å². The Morgan fingerprint density at radius 2 is 0.875 bits per heavy atom. The first-order chi connectivity index (χ1) is 15.3. The summed E-state index contributed by atoms with van der Waals surface area (Å²) in [4.78, 5) is 1.58. The highest BCUT2D eigenvalue weighted by molar-refractivity contribution is 7.80. The Bertz CT molecular complexity index is 441. The summed E-state index contributed by atoms with van der Waals surface area (Å²) in [6.45, 7) is 5.88. The molecule has 6 heteroatoms. The Morgan fingerprint density at radius 1 is 0.562 bits per heavy atom. The summed E-state index contributed by atoms with van der Waals surface area (Å²) in [5, 5.41) is 0. The molecule has 0 rings (SSSR count). The topological polar surface area (TPSA) is 70.9 Å². The summed E-state index contributed by atoms with van der Waals surface area (Å²) in [5.74, 6) is 0. The molecule has 0 aromatic carbocycles. The summed E-state index contributed by atoms with van der Waals surface area (Å²) < 4.78 is 34.8. The van der Waals surface area contributed by atoms with Gasteiger partial charge in [0.25, 0.3) is 0 Å². The Labute approximate surface area is 202 Å². The van der Waals surface area contributed by atoms with Crippen LogP contribution in [0.25, 0.3) is 0 Å². The molecule has 5 nitrogen and oxygen atoms in total. The van der Waals surface area contributed by atoms with Crippen molar-refractivity contribution in [1.82, 2.24) is 0 Å².